The number of aromatic nitrogens is 2. The number of aryl methyl sites for hydroxylation is 1. The molecular weight excluding hydrogens is 308 g/mol. The highest BCUT2D eigenvalue weighted by Crippen LogP contribution is 2.08. The third-order valence-electron chi connectivity index (χ3n) is 3.30. The number of rotatable bonds is 8. The molecule has 2 aromatic rings. The lowest BCUT2D eigenvalue weighted by atomic mass is 10.1. The average molecular weight is 332 g/mol. The van der Waals surface area contributed by atoms with E-state index in [9.17, 15) is 0 Å². The molecule has 0 saturated heterocycles. The fourth-order valence-electron chi connectivity index (χ4n) is 2.08. The molecule has 0 radical (unpaired) electrons. The van der Waals surface area contributed by atoms with Crippen molar-refractivity contribution in [2.45, 2.75) is 26.8 Å². The van der Waals surface area contributed by atoms with E-state index in [0.717, 1.165) is 38.5 Å². The molecule has 0 bridgehead atoms. The fourth-order valence-corrected chi connectivity index (χ4v) is 2.28. The molecule has 1 aromatic heterocycles. The fraction of sp³-hybridized carbons (Fsp3) is 0.412. The molecule has 23 heavy (non-hydrogen) atoms. The Morgan fingerprint density at radius 3 is 2.78 bits per heavy atom. The second-order valence-electron chi connectivity index (χ2n) is 5.32. The van der Waals surface area contributed by atoms with Crippen molar-refractivity contribution in [1.82, 2.24) is 15.1 Å². The number of anilines is 1. The van der Waals surface area contributed by atoms with Gasteiger partial charge in [-0.1, -0.05) is 29.8 Å². The predicted octanol–water partition coefficient (Wildman–Crippen LogP) is 2.95. The maximum absolute atomic E-state index is 5.28. The van der Waals surface area contributed by atoms with E-state index in [2.05, 4.69) is 46.9 Å². The van der Waals surface area contributed by atoms with Crippen LogP contribution in [0.15, 0.2) is 36.5 Å². The minimum Gasteiger partial charge on any atom is -0.382 e. The zero-order chi connectivity index (χ0) is 16.5. The Morgan fingerprint density at radius 1 is 1.26 bits per heavy atom. The lowest BCUT2D eigenvalue weighted by Crippen LogP contribution is -2.30. The van der Waals surface area contributed by atoms with Gasteiger partial charge in [0.25, 0.3) is 0 Å². The molecule has 124 valence electrons. The maximum Gasteiger partial charge on any atom is 0.171 e. The van der Waals surface area contributed by atoms with Crippen LogP contribution in [0.25, 0.3) is 0 Å². The van der Waals surface area contributed by atoms with Gasteiger partial charge in [-0.15, -0.1) is 0 Å². The number of nitrogens with one attached hydrogen (secondary N) is 2. The van der Waals surface area contributed by atoms with Gasteiger partial charge >= 0.3 is 0 Å². The van der Waals surface area contributed by atoms with E-state index >= 15 is 0 Å². The molecule has 6 heteroatoms. The SMILES string of the molecule is CCOCCCNC(=S)Nc1ccn(Cc2ccc(C)cc2)n1. The van der Waals surface area contributed by atoms with Crippen molar-refractivity contribution in [1.29, 1.82) is 0 Å². The number of hydrogen-bond donors (Lipinski definition) is 2. The minimum absolute atomic E-state index is 0.585. The topological polar surface area (TPSA) is 51.1 Å². The van der Waals surface area contributed by atoms with Crippen molar-refractivity contribution in [2.24, 2.45) is 0 Å². The highest BCUT2D eigenvalue weighted by atomic mass is 32.1. The number of benzene rings is 1. The largest absolute Gasteiger partial charge is 0.382 e. The van der Waals surface area contributed by atoms with Gasteiger partial charge in [0, 0.05) is 32.0 Å². The van der Waals surface area contributed by atoms with Crippen molar-refractivity contribution in [3.63, 3.8) is 0 Å². The lowest BCUT2D eigenvalue weighted by molar-refractivity contribution is 0.146. The Morgan fingerprint density at radius 2 is 2.04 bits per heavy atom. The average Bonchev–Trinajstić information content (AvgIpc) is 2.96. The van der Waals surface area contributed by atoms with E-state index in [1.807, 2.05) is 23.9 Å². The minimum atomic E-state index is 0.585. The summed E-state index contributed by atoms with van der Waals surface area (Å²) in [5.41, 5.74) is 2.49. The van der Waals surface area contributed by atoms with E-state index in [-0.39, 0.29) is 0 Å². The van der Waals surface area contributed by atoms with Gasteiger partial charge in [0.05, 0.1) is 6.54 Å². The quantitative estimate of drug-likeness (QED) is 0.575. The first kappa shape index (κ1) is 17.4. The molecule has 0 unspecified atom stereocenters. The van der Waals surface area contributed by atoms with Crippen molar-refractivity contribution in [3.8, 4) is 0 Å². The van der Waals surface area contributed by atoms with Gasteiger partial charge in [0.15, 0.2) is 10.9 Å². The molecule has 2 N–H and O–H groups in total. The van der Waals surface area contributed by atoms with Crippen LogP contribution in [0.5, 0.6) is 0 Å². The van der Waals surface area contributed by atoms with Crippen LogP contribution in [-0.2, 0) is 11.3 Å². The number of hydrogen-bond acceptors (Lipinski definition) is 3. The summed E-state index contributed by atoms with van der Waals surface area (Å²) < 4.78 is 7.18. The van der Waals surface area contributed by atoms with Crippen LogP contribution < -0.4 is 10.6 Å². The summed E-state index contributed by atoms with van der Waals surface area (Å²) in [6.07, 6.45) is 2.87. The van der Waals surface area contributed by atoms with Gasteiger partial charge in [-0.05, 0) is 38.0 Å². The van der Waals surface area contributed by atoms with E-state index in [4.69, 9.17) is 17.0 Å². The molecule has 0 fully saturated rings. The van der Waals surface area contributed by atoms with Crippen LogP contribution in [0.3, 0.4) is 0 Å². The Balaban J connectivity index is 1.75. The van der Waals surface area contributed by atoms with Crippen molar-refractivity contribution in [3.05, 3.63) is 47.7 Å². The van der Waals surface area contributed by atoms with Crippen LogP contribution in [0.1, 0.15) is 24.5 Å². The van der Waals surface area contributed by atoms with Crippen molar-refractivity contribution in [2.75, 3.05) is 25.1 Å². The summed E-state index contributed by atoms with van der Waals surface area (Å²) in [6, 6.07) is 10.4. The summed E-state index contributed by atoms with van der Waals surface area (Å²) in [7, 11) is 0. The Bertz CT molecular complexity index is 609. The monoisotopic (exact) mass is 332 g/mol. The Kier molecular flexibility index (Phi) is 7.03. The van der Waals surface area contributed by atoms with Crippen molar-refractivity contribution >= 4 is 23.1 Å². The highest BCUT2D eigenvalue weighted by Gasteiger charge is 2.02. The normalized spacial score (nSPS) is 10.5. The van der Waals surface area contributed by atoms with E-state index in [1.165, 1.54) is 11.1 Å². The Hall–Kier alpha value is -1.92. The summed E-state index contributed by atoms with van der Waals surface area (Å²) in [6.45, 7) is 7.11. The molecule has 0 atom stereocenters. The number of ether oxygens (including phenoxy) is 1. The third kappa shape index (κ3) is 6.38. The zero-order valence-corrected chi connectivity index (χ0v) is 14.5. The molecule has 0 saturated carbocycles. The first-order chi connectivity index (χ1) is 11.2. The highest BCUT2D eigenvalue weighted by molar-refractivity contribution is 7.80. The Labute approximate surface area is 143 Å². The molecular formula is C17H24N4OS. The molecule has 0 aliphatic carbocycles. The van der Waals surface area contributed by atoms with Gasteiger partial charge in [-0.3, -0.25) is 4.68 Å². The summed E-state index contributed by atoms with van der Waals surface area (Å²) >= 11 is 5.26. The molecule has 1 aromatic carbocycles. The first-order valence-corrected chi connectivity index (χ1v) is 8.30. The number of nitrogens with zero attached hydrogens (tertiary/aromatic N) is 2. The third-order valence-corrected chi connectivity index (χ3v) is 3.55. The molecule has 1 heterocycles. The van der Waals surface area contributed by atoms with E-state index < -0.39 is 0 Å². The van der Waals surface area contributed by atoms with Gasteiger partial charge in [-0.2, -0.15) is 5.10 Å². The van der Waals surface area contributed by atoms with Gasteiger partial charge in [0.2, 0.25) is 0 Å². The van der Waals surface area contributed by atoms with E-state index in [1.54, 1.807) is 0 Å². The van der Waals surface area contributed by atoms with Crippen LogP contribution in [0.2, 0.25) is 0 Å². The first-order valence-electron chi connectivity index (χ1n) is 7.89. The smallest absolute Gasteiger partial charge is 0.171 e. The van der Waals surface area contributed by atoms with Gasteiger partial charge in [0.1, 0.15) is 0 Å². The van der Waals surface area contributed by atoms with Crippen LogP contribution in [-0.4, -0.2) is 34.7 Å². The molecule has 0 aliphatic heterocycles. The number of thiocarbonyl (C=S) groups is 1. The summed E-state index contributed by atoms with van der Waals surface area (Å²) in [5, 5.41) is 11.3. The molecule has 2 rings (SSSR count). The standard InChI is InChI=1S/C17H24N4OS/c1-3-22-12-4-10-18-17(23)19-16-9-11-21(20-16)13-15-7-5-14(2)6-8-15/h5-9,11H,3-4,10,12-13H2,1-2H3,(H2,18,19,20,23). The molecule has 0 aliphatic rings. The zero-order valence-electron chi connectivity index (χ0n) is 13.7. The predicted molar refractivity (Wildman–Crippen MR) is 97.8 cm³/mol. The van der Waals surface area contributed by atoms with E-state index in [0.29, 0.717) is 5.11 Å². The van der Waals surface area contributed by atoms with Crippen LogP contribution in [0.4, 0.5) is 5.82 Å². The van der Waals surface area contributed by atoms with Gasteiger partial charge < -0.3 is 15.4 Å². The second kappa shape index (κ2) is 9.27. The second-order valence-corrected chi connectivity index (χ2v) is 5.72. The molecule has 0 amide bonds. The molecule has 0 spiro atoms. The molecule has 5 nitrogen and oxygen atoms in total. The summed E-state index contributed by atoms with van der Waals surface area (Å²) in [4.78, 5) is 0. The van der Waals surface area contributed by atoms with Crippen molar-refractivity contribution < 1.29 is 4.74 Å². The maximum atomic E-state index is 5.28. The summed E-state index contributed by atoms with van der Waals surface area (Å²) in [5.74, 6) is 0.749. The lowest BCUT2D eigenvalue weighted by Gasteiger charge is -2.08. The van der Waals surface area contributed by atoms with Crippen LogP contribution >= 0.6 is 12.2 Å². The van der Waals surface area contributed by atoms with Gasteiger partial charge in [-0.25, -0.2) is 0 Å². The van der Waals surface area contributed by atoms with Crippen LogP contribution in [0, 0.1) is 6.92 Å².